The molecule has 0 unspecified atom stereocenters. The first kappa shape index (κ1) is 15.5. The second-order valence-corrected chi connectivity index (χ2v) is 7.80. The topological polar surface area (TPSA) is 72.2 Å². The molecule has 4 nitrogen and oxygen atoms in total. The van der Waals surface area contributed by atoms with Crippen LogP contribution in [0.4, 0.5) is 0 Å². The summed E-state index contributed by atoms with van der Waals surface area (Å²) in [5, 5.41) is 0.623. The lowest BCUT2D eigenvalue weighted by molar-refractivity contribution is 0.581. The van der Waals surface area contributed by atoms with Crippen LogP contribution >= 0.6 is 22.9 Å². The lowest BCUT2D eigenvalue weighted by Crippen LogP contribution is -2.23. The van der Waals surface area contributed by atoms with Crippen LogP contribution < -0.4 is 10.5 Å². The molecule has 0 bridgehead atoms. The Morgan fingerprint density at radius 3 is 2.50 bits per heavy atom. The maximum atomic E-state index is 12.3. The van der Waals surface area contributed by atoms with Crippen LogP contribution in [0, 0.1) is 6.92 Å². The number of nitrogens with one attached hydrogen (secondary N) is 1. The van der Waals surface area contributed by atoms with E-state index in [1.165, 1.54) is 11.3 Å². The number of nitrogens with two attached hydrogens (primary N) is 1. The van der Waals surface area contributed by atoms with Gasteiger partial charge in [0.1, 0.15) is 0 Å². The minimum absolute atomic E-state index is 0.229. The number of hydrogen-bond donors (Lipinski definition) is 2. The summed E-state index contributed by atoms with van der Waals surface area (Å²) in [7, 11) is -3.52. The maximum Gasteiger partial charge on any atom is 0.241 e. The van der Waals surface area contributed by atoms with E-state index in [9.17, 15) is 8.42 Å². The zero-order valence-corrected chi connectivity index (χ0v) is 13.3. The van der Waals surface area contributed by atoms with Gasteiger partial charge in [-0.2, -0.15) is 0 Å². The van der Waals surface area contributed by atoms with Crippen LogP contribution in [0.1, 0.15) is 15.3 Å². The predicted molar refractivity (Wildman–Crippen MR) is 82.4 cm³/mol. The lowest BCUT2D eigenvalue weighted by atomic mass is 10.2. The summed E-state index contributed by atoms with van der Waals surface area (Å²) in [5.41, 5.74) is 6.39. The Morgan fingerprint density at radius 1 is 1.30 bits per heavy atom. The third kappa shape index (κ3) is 3.59. The third-order valence-corrected chi connectivity index (χ3v) is 5.77. The van der Waals surface area contributed by atoms with E-state index in [1.54, 1.807) is 37.3 Å². The smallest absolute Gasteiger partial charge is 0.241 e. The number of thiophene rings is 1. The summed E-state index contributed by atoms with van der Waals surface area (Å²) in [5.74, 6) is 0. The molecule has 0 atom stereocenters. The Labute approximate surface area is 127 Å². The van der Waals surface area contributed by atoms with Crippen molar-refractivity contribution < 1.29 is 8.42 Å². The van der Waals surface area contributed by atoms with Gasteiger partial charge in [0.15, 0.2) is 0 Å². The van der Waals surface area contributed by atoms with Crippen molar-refractivity contribution in [3.8, 4) is 0 Å². The lowest BCUT2D eigenvalue weighted by Gasteiger charge is -2.06. The number of benzene rings is 1. The summed E-state index contributed by atoms with van der Waals surface area (Å²) in [4.78, 5) is 1.90. The fourth-order valence-corrected chi connectivity index (χ4v) is 4.41. The molecule has 0 aliphatic heterocycles. The first-order valence-corrected chi connectivity index (χ1v) is 8.63. The molecule has 1 heterocycles. The van der Waals surface area contributed by atoms with Crippen molar-refractivity contribution in [1.29, 1.82) is 0 Å². The zero-order valence-electron chi connectivity index (χ0n) is 10.9. The molecule has 2 rings (SSSR count). The van der Waals surface area contributed by atoms with Crippen LogP contribution in [0.5, 0.6) is 0 Å². The molecule has 3 N–H and O–H groups in total. The predicted octanol–water partition coefficient (Wildman–Crippen LogP) is 2.65. The normalized spacial score (nSPS) is 11.8. The highest BCUT2D eigenvalue weighted by molar-refractivity contribution is 7.89. The van der Waals surface area contributed by atoms with Crippen LogP contribution in [0.3, 0.4) is 0 Å². The third-order valence-electron chi connectivity index (χ3n) is 2.79. The molecule has 0 saturated carbocycles. The van der Waals surface area contributed by atoms with Gasteiger partial charge in [-0.25, -0.2) is 13.1 Å². The summed E-state index contributed by atoms with van der Waals surface area (Å²) in [6.07, 6.45) is 0. The fraction of sp³-hybridized carbons (Fsp3) is 0.231. The summed E-state index contributed by atoms with van der Waals surface area (Å²) in [6, 6.07) is 8.67. The van der Waals surface area contributed by atoms with Crippen molar-refractivity contribution in [3.63, 3.8) is 0 Å². The Hall–Kier alpha value is -0.920. The van der Waals surface area contributed by atoms with Crippen molar-refractivity contribution in [1.82, 2.24) is 4.72 Å². The summed E-state index contributed by atoms with van der Waals surface area (Å²) >= 11 is 7.19. The number of halogens is 1. The van der Waals surface area contributed by atoms with Gasteiger partial charge in [-0.1, -0.05) is 23.7 Å². The van der Waals surface area contributed by atoms with Crippen LogP contribution in [0.2, 0.25) is 5.02 Å². The molecule has 0 aliphatic rings. The molecular weight excluding hydrogens is 316 g/mol. The van der Waals surface area contributed by atoms with Gasteiger partial charge < -0.3 is 5.73 Å². The number of aryl methyl sites for hydroxylation is 1. The van der Waals surface area contributed by atoms with Gasteiger partial charge in [-0.15, -0.1) is 11.3 Å². The minimum Gasteiger partial charge on any atom is -0.326 e. The molecule has 0 aliphatic carbocycles. The van der Waals surface area contributed by atoms with Crippen LogP contribution in [0.15, 0.2) is 35.2 Å². The summed E-state index contributed by atoms with van der Waals surface area (Å²) in [6.45, 7) is 2.35. The van der Waals surface area contributed by atoms with Crippen LogP contribution in [-0.4, -0.2) is 8.42 Å². The van der Waals surface area contributed by atoms with Crippen LogP contribution in [-0.2, 0) is 23.1 Å². The van der Waals surface area contributed by atoms with E-state index < -0.39 is 10.0 Å². The van der Waals surface area contributed by atoms with Crippen molar-refractivity contribution in [2.45, 2.75) is 24.9 Å². The molecule has 0 radical (unpaired) electrons. The molecule has 0 saturated heterocycles. The van der Waals surface area contributed by atoms with E-state index in [0.717, 1.165) is 15.3 Å². The highest BCUT2D eigenvalue weighted by Crippen LogP contribution is 2.25. The minimum atomic E-state index is -3.52. The van der Waals surface area contributed by atoms with Gasteiger partial charge >= 0.3 is 0 Å². The monoisotopic (exact) mass is 330 g/mol. The number of sulfonamides is 1. The van der Waals surface area contributed by atoms with Crippen molar-refractivity contribution in [3.05, 3.63) is 50.7 Å². The van der Waals surface area contributed by atoms with Crippen molar-refractivity contribution in [2.75, 3.05) is 0 Å². The average molecular weight is 331 g/mol. The Bertz CT molecular complexity index is 694. The molecule has 2 aromatic rings. The van der Waals surface area contributed by atoms with Gasteiger partial charge in [0, 0.05) is 27.9 Å². The molecule has 1 aromatic heterocycles. The highest BCUT2D eigenvalue weighted by Gasteiger charge is 2.19. The van der Waals surface area contributed by atoms with Gasteiger partial charge in [0.2, 0.25) is 10.0 Å². The SMILES string of the molecule is Cc1sc(CN)cc1S(=O)(=O)NCc1ccc(Cl)cc1. The maximum absolute atomic E-state index is 12.3. The fourth-order valence-electron chi connectivity index (χ4n) is 1.75. The van der Waals surface area contributed by atoms with Gasteiger partial charge in [0.05, 0.1) is 4.90 Å². The Balaban J connectivity index is 2.14. The number of hydrogen-bond acceptors (Lipinski definition) is 4. The molecule has 7 heteroatoms. The molecule has 20 heavy (non-hydrogen) atoms. The average Bonchev–Trinajstić information content (AvgIpc) is 2.80. The van der Waals surface area contributed by atoms with E-state index in [-0.39, 0.29) is 6.54 Å². The molecule has 108 valence electrons. The molecule has 0 fully saturated rings. The zero-order chi connectivity index (χ0) is 14.8. The molecular formula is C13H15ClN2O2S2. The largest absolute Gasteiger partial charge is 0.326 e. The first-order valence-electron chi connectivity index (χ1n) is 5.96. The van der Waals surface area contributed by atoms with Crippen molar-refractivity contribution in [2.24, 2.45) is 5.73 Å². The number of rotatable bonds is 5. The highest BCUT2D eigenvalue weighted by atomic mass is 35.5. The Kier molecular flexibility index (Phi) is 4.82. The van der Waals surface area contributed by atoms with Gasteiger partial charge in [-0.3, -0.25) is 0 Å². The summed E-state index contributed by atoms with van der Waals surface area (Å²) < 4.78 is 27.1. The van der Waals surface area contributed by atoms with Gasteiger partial charge in [-0.05, 0) is 30.7 Å². The standard InChI is InChI=1S/C13H15ClN2O2S2/c1-9-13(6-12(7-15)19-9)20(17,18)16-8-10-2-4-11(14)5-3-10/h2-6,16H,7-8,15H2,1H3. The van der Waals surface area contributed by atoms with E-state index in [2.05, 4.69) is 4.72 Å². The second kappa shape index (κ2) is 6.24. The van der Waals surface area contributed by atoms with Gasteiger partial charge in [0.25, 0.3) is 0 Å². The van der Waals surface area contributed by atoms with E-state index in [1.807, 2.05) is 0 Å². The molecule has 1 aromatic carbocycles. The van der Waals surface area contributed by atoms with E-state index >= 15 is 0 Å². The van der Waals surface area contributed by atoms with Crippen LogP contribution in [0.25, 0.3) is 0 Å². The first-order chi connectivity index (χ1) is 9.42. The quantitative estimate of drug-likeness (QED) is 0.885. The molecule has 0 amide bonds. The van der Waals surface area contributed by atoms with Crippen molar-refractivity contribution >= 4 is 33.0 Å². The second-order valence-electron chi connectivity index (χ2n) is 4.29. The van der Waals surface area contributed by atoms with E-state index in [0.29, 0.717) is 16.5 Å². The van der Waals surface area contributed by atoms with E-state index in [4.69, 9.17) is 17.3 Å². The molecule has 0 spiro atoms. The Morgan fingerprint density at radius 2 is 1.95 bits per heavy atom.